The van der Waals surface area contributed by atoms with E-state index in [2.05, 4.69) is 27.2 Å². The minimum Gasteiger partial charge on any atom is -0.348 e. The molecular formula is C9H16N4. The van der Waals surface area contributed by atoms with Crippen LogP contribution in [0.4, 0.5) is 0 Å². The summed E-state index contributed by atoms with van der Waals surface area (Å²) in [5, 5.41) is 3.48. The monoisotopic (exact) mass is 180 g/mol. The molecule has 0 aliphatic carbocycles. The number of aromatic amines is 1. The summed E-state index contributed by atoms with van der Waals surface area (Å²) in [6.07, 6.45) is 4.90. The van der Waals surface area contributed by atoms with Gasteiger partial charge >= 0.3 is 0 Å². The fourth-order valence-corrected chi connectivity index (χ4v) is 1.74. The lowest BCUT2D eigenvalue weighted by Crippen LogP contribution is -2.31. The first-order valence-electron chi connectivity index (χ1n) is 4.75. The van der Waals surface area contributed by atoms with E-state index in [1.54, 1.807) is 6.20 Å². The van der Waals surface area contributed by atoms with E-state index in [9.17, 15) is 0 Å². The number of aromatic nitrogens is 2. The van der Waals surface area contributed by atoms with E-state index in [0.717, 1.165) is 18.9 Å². The predicted molar refractivity (Wildman–Crippen MR) is 51.3 cm³/mol. The van der Waals surface area contributed by atoms with Crippen LogP contribution in [0.2, 0.25) is 0 Å². The second kappa shape index (κ2) is 3.89. The van der Waals surface area contributed by atoms with Crippen LogP contribution in [0.25, 0.3) is 0 Å². The van der Waals surface area contributed by atoms with Crippen LogP contribution in [-0.4, -0.2) is 41.0 Å². The fourth-order valence-electron chi connectivity index (χ4n) is 1.74. The van der Waals surface area contributed by atoms with Gasteiger partial charge in [-0.15, -0.1) is 0 Å². The number of hydrogen-bond donors (Lipinski definition) is 2. The molecule has 13 heavy (non-hydrogen) atoms. The molecule has 1 atom stereocenters. The van der Waals surface area contributed by atoms with Crippen molar-refractivity contribution in [2.24, 2.45) is 0 Å². The van der Waals surface area contributed by atoms with E-state index in [4.69, 9.17) is 0 Å². The molecule has 1 aromatic heterocycles. The summed E-state index contributed by atoms with van der Waals surface area (Å²) in [6, 6.07) is 0.634. The Morgan fingerprint density at radius 2 is 2.69 bits per heavy atom. The van der Waals surface area contributed by atoms with Gasteiger partial charge in [-0.1, -0.05) is 0 Å². The number of nitrogens with zero attached hydrogens (tertiary/aromatic N) is 2. The zero-order valence-corrected chi connectivity index (χ0v) is 7.95. The first-order valence-corrected chi connectivity index (χ1v) is 4.75. The number of rotatable bonds is 3. The highest BCUT2D eigenvalue weighted by atomic mass is 15.2. The molecule has 0 saturated carbocycles. The lowest BCUT2D eigenvalue weighted by atomic mass is 10.2. The van der Waals surface area contributed by atoms with Crippen molar-refractivity contribution in [2.45, 2.75) is 19.0 Å². The summed E-state index contributed by atoms with van der Waals surface area (Å²) in [4.78, 5) is 9.60. The number of hydrogen-bond acceptors (Lipinski definition) is 3. The van der Waals surface area contributed by atoms with Gasteiger partial charge in [0.05, 0.1) is 6.54 Å². The van der Waals surface area contributed by atoms with E-state index in [-0.39, 0.29) is 0 Å². The van der Waals surface area contributed by atoms with E-state index in [0.29, 0.717) is 6.04 Å². The lowest BCUT2D eigenvalue weighted by molar-refractivity contribution is 0.397. The molecule has 0 bridgehead atoms. The normalized spacial score (nSPS) is 23.9. The van der Waals surface area contributed by atoms with Crippen LogP contribution in [0, 0.1) is 0 Å². The molecule has 72 valence electrons. The van der Waals surface area contributed by atoms with Crippen molar-refractivity contribution >= 4 is 0 Å². The molecule has 4 heteroatoms. The summed E-state index contributed by atoms with van der Waals surface area (Å²) in [7, 11) is 2.16. The average molecular weight is 180 g/mol. The highest BCUT2D eigenvalue weighted by Gasteiger charge is 2.18. The maximum Gasteiger partial charge on any atom is 0.120 e. The number of likely N-dealkylation sites (tertiary alicyclic amines) is 1. The van der Waals surface area contributed by atoms with Crippen LogP contribution in [0.1, 0.15) is 12.2 Å². The van der Waals surface area contributed by atoms with Crippen LogP contribution in [0.15, 0.2) is 12.4 Å². The lowest BCUT2D eigenvalue weighted by Gasteiger charge is -2.11. The third-order valence-electron chi connectivity index (χ3n) is 2.50. The molecule has 2 heterocycles. The van der Waals surface area contributed by atoms with E-state index in [1.165, 1.54) is 13.0 Å². The number of imidazole rings is 1. The molecule has 1 fully saturated rings. The summed E-state index contributed by atoms with van der Waals surface area (Å²) in [5.74, 6) is 1.02. The molecule has 1 saturated heterocycles. The standard InChI is InChI=1S/C9H16N4/c1-13-5-2-8(7-13)12-6-9-10-3-4-11-9/h3-4,8,12H,2,5-7H2,1H3,(H,10,11). The molecular weight excluding hydrogens is 164 g/mol. The maximum atomic E-state index is 4.16. The predicted octanol–water partition coefficient (Wildman–Crippen LogP) is 0.203. The highest BCUT2D eigenvalue weighted by Crippen LogP contribution is 2.06. The van der Waals surface area contributed by atoms with Crippen LogP contribution >= 0.6 is 0 Å². The number of likely N-dealkylation sites (N-methyl/N-ethyl adjacent to an activating group) is 1. The third kappa shape index (κ3) is 2.29. The van der Waals surface area contributed by atoms with E-state index < -0.39 is 0 Å². The molecule has 1 aliphatic rings. The Hall–Kier alpha value is -0.870. The SMILES string of the molecule is CN1CCC(NCc2ncc[nH]2)C1. The number of H-pyrrole nitrogens is 1. The van der Waals surface area contributed by atoms with E-state index >= 15 is 0 Å². The number of nitrogens with one attached hydrogen (secondary N) is 2. The van der Waals surface area contributed by atoms with Crippen molar-refractivity contribution in [2.75, 3.05) is 20.1 Å². The van der Waals surface area contributed by atoms with Crippen molar-refractivity contribution in [3.05, 3.63) is 18.2 Å². The van der Waals surface area contributed by atoms with Crippen molar-refractivity contribution < 1.29 is 0 Å². The molecule has 1 unspecified atom stereocenters. The Labute approximate surface area is 78.4 Å². The molecule has 1 aliphatic heterocycles. The van der Waals surface area contributed by atoms with Crippen LogP contribution < -0.4 is 5.32 Å². The zero-order chi connectivity index (χ0) is 9.10. The summed E-state index contributed by atoms with van der Waals surface area (Å²) in [5.41, 5.74) is 0. The Kier molecular flexibility index (Phi) is 2.61. The first kappa shape index (κ1) is 8.72. The third-order valence-corrected chi connectivity index (χ3v) is 2.50. The van der Waals surface area contributed by atoms with Crippen molar-refractivity contribution in [1.29, 1.82) is 0 Å². The van der Waals surface area contributed by atoms with Crippen LogP contribution in [-0.2, 0) is 6.54 Å². The van der Waals surface area contributed by atoms with Crippen LogP contribution in [0.5, 0.6) is 0 Å². The van der Waals surface area contributed by atoms with Crippen molar-refractivity contribution in [3.8, 4) is 0 Å². The summed E-state index contributed by atoms with van der Waals surface area (Å²) < 4.78 is 0. The second-order valence-electron chi connectivity index (χ2n) is 3.66. The summed E-state index contributed by atoms with van der Waals surface area (Å²) >= 11 is 0. The van der Waals surface area contributed by atoms with Gasteiger partial charge in [-0.05, 0) is 20.0 Å². The quantitative estimate of drug-likeness (QED) is 0.698. The smallest absolute Gasteiger partial charge is 0.120 e. The Balaban J connectivity index is 1.74. The van der Waals surface area contributed by atoms with Gasteiger partial charge in [0.15, 0.2) is 0 Å². The Morgan fingerprint density at radius 3 is 3.31 bits per heavy atom. The molecule has 1 aromatic rings. The second-order valence-corrected chi connectivity index (χ2v) is 3.66. The Morgan fingerprint density at radius 1 is 1.77 bits per heavy atom. The van der Waals surface area contributed by atoms with Gasteiger partial charge in [-0.25, -0.2) is 4.98 Å². The Bertz CT molecular complexity index is 244. The first-order chi connectivity index (χ1) is 6.34. The average Bonchev–Trinajstić information content (AvgIpc) is 2.71. The van der Waals surface area contributed by atoms with Crippen molar-refractivity contribution in [3.63, 3.8) is 0 Å². The molecule has 0 radical (unpaired) electrons. The fraction of sp³-hybridized carbons (Fsp3) is 0.667. The van der Waals surface area contributed by atoms with Gasteiger partial charge in [0.25, 0.3) is 0 Å². The van der Waals surface area contributed by atoms with Crippen molar-refractivity contribution in [1.82, 2.24) is 20.2 Å². The van der Waals surface area contributed by atoms with Gasteiger partial charge in [0.1, 0.15) is 5.82 Å². The zero-order valence-electron chi connectivity index (χ0n) is 7.95. The largest absolute Gasteiger partial charge is 0.348 e. The molecule has 2 N–H and O–H groups in total. The molecule has 0 amide bonds. The molecule has 4 nitrogen and oxygen atoms in total. The summed E-state index contributed by atoms with van der Waals surface area (Å²) in [6.45, 7) is 3.21. The maximum absolute atomic E-state index is 4.16. The minimum atomic E-state index is 0.634. The highest BCUT2D eigenvalue weighted by molar-refractivity contribution is 4.88. The molecule has 0 spiro atoms. The van der Waals surface area contributed by atoms with Crippen LogP contribution in [0.3, 0.4) is 0 Å². The molecule has 0 aromatic carbocycles. The van der Waals surface area contributed by atoms with Gasteiger partial charge in [-0.3, -0.25) is 0 Å². The molecule has 2 rings (SSSR count). The van der Waals surface area contributed by atoms with E-state index in [1.807, 2.05) is 6.20 Å². The van der Waals surface area contributed by atoms with Gasteiger partial charge in [0.2, 0.25) is 0 Å². The minimum absolute atomic E-state index is 0.634. The van der Waals surface area contributed by atoms with Gasteiger partial charge < -0.3 is 15.2 Å². The van der Waals surface area contributed by atoms with Gasteiger partial charge in [-0.2, -0.15) is 0 Å². The van der Waals surface area contributed by atoms with Gasteiger partial charge in [0, 0.05) is 25.0 Å². The topological polar surface area (TPSA) is 44.0 Å².